The lowest BCUT2D eigenvalue weighted by Crippen LogP contribution is -1.82. The first-order valence-corrected chi connectivity index (χ1v) is 5.45. The van der Waals surface area contributed by atoms with Crippen LogP contribution < -0.4 is 0 Å². The maximum atomic E-state index is 5.75. The number of aryl methyl sites for hydroxylation is 1. The molecule has 0 amide bonds. The Kier molecular flexibility index (Phi) is 7.82. The van der Waals surface area contributed by atoms with Crippen LogP contribution in [0.5, 0.6) is 0 Å². The summed E-state index contributed by atoms with van der Waals surface area (Å²) in [7, 11) is 0. The number of rotatable bonds is 3. The molecule has 0 fully saturated rings. The monoisotopic (exact) mass is 198 g/mol. The predicted octanol–water partition coefficient (Wildman–Crippen LogP) is 4.71. The van der Waals surface area contributed by atoms with Crippen molar-refractivity contribution in [2.75, 3.05) is 0 Å². The first-order valence-electron chi connectivity index (χ1n) is 5.07. The van der Waals surface area contributed by atoms with Gasteiger partial charge in [-0.05, 0) is 30.5 Å². The Labute approximate surface area is 86.9 Å². The fourth-order valence-electron chi connectivity index (χ4n) is 1.03. The standard InChI is InChI=1S/C10H13Cl.C2H6/c1-2-3-4-9-5-7-10(11)8-6-9;1-2/h5-8H,2-4H2,1H3;1-2H3. The highest BCUT2D eigenvalue weighted by Gasteiger charge is 1.90. The van der Waals surface area contributed by atoms with Crippen LogP contribution >= 0.6 is 11.6 Å². The molecule has 0 spiro atoms. The number of unbranched alkanes of at least 4 members (excludes halogenated alkanes) is 1. The zero-order valence-corrected chi connectivity index (χ0v) is 9.56. The van der Waals surface area contributed by atoms with Gasteiger partial charge >= 0.3 is 0 Å². The summed E-state index contributed by atoms with van der Waals surface area (Å²) in [6.45, 7) is 6.20. The highest BCUT2D eigenvalue weighted by molar-refractivity contribution is 6.30. The minimum atomic E-state index is 0.824. The Hall–Kier alpha value is -0.490. The number of halogens is 1. The van der Waals surface area contributed by atoms with Gasteiger partial charge in [0.2, 0.25) is 0 Å². The molecule has 0 bridgehead atoms. The predicted molar refractivity (Wildman–Crippen MR) is 61.4 cm³/mol. The fraction of sp³-hybridized carbons (Fsp3) is 0.500. The van der Waals surface area contributed by atoms with E-state index in [2.05, 4.69) is 19.1 Å². The molecule has 0 aliphatic rings. The lowest BCUT2D eigenvalue weighted by atomic mass is 10.1. The van der Waals surface area contributed by atoms with Gasteiger partial charge in [0.05, 0.1) is 0 Å². The Morgan fingerprint density at radius 1 is 1.08 bits per heavy atom. The van der Waals surface area contributed by atoms with Crippen molar-refractivity contribution in [2.24, 2.45) is 0 Å². The lowest BCUT2D eigenvalue weighted by Gasteiger charge is -1.98. The van der Waals surface area contributed by atoms with Crippen molar-refractivity contribution in [1.82, 2.24) is 0 Å². The molecule has 0 atom stereocenters. The van der Waals surface area contributed by atoms with Crippen molar-refractivity contribution in [3.8, 4) is 0 Å². The minimum Gasteiger partial charge on any atom is -0.0843 e. The second kappa shape index (κ2) is 8.12. The highest BCUT2D eigenvalue weighted by Crippen LogP contribution is 2.11. The third kappa shape index (κ3) is 5.70. The molecule has 1 aromatic rings. The zero-order valence-electron chi connectivity index (χ0n) is 8.81. The summed E-state index contributed by atoms with van der Waals surface area (Å²) in [5.74, 6) is 0. The average Bonchev–Trinajstić information content (AvgIpc) is 2.20. The van der Waals surface area contributed by atoms with E-state index in [4.69, 9.17) is 11.6 Å². The van der Waals surface area contributed by atoms with Crippen LogP contribution in [0, 0.1) is 0 Å². The Morgan fingerprint density at radius 3 is 2.08 bits per heavy atom. The summed E-state index contributed by atoms with van der Waals surface area (Å²) in [6.07, 6.45) is 3.69. The molecule has 0 aliphatic heterocycles. The molecule has 0 aliphatic carbocycles. The number of benzene rings is 1. The molecule has 74 valence electrons. The zero-order chi connectivity index (χ0) is 10.1. The van der Waals surface area contributed by atoms with Gasteiger partial charge < -0.3 is 0 Å². The third-order valence-electron chi connectivity index (χ3n) is 1.73. The van der Waals surface area contributed by atoms with Gasteiger partial charge in [-0.3, -0.25) is 0 Å². The highest BCUT2D eigenvalue weighted by atomic mass is 35.5. The van der Waals surface area contributed by atoms with E-state index in [9.17, 15) is 0 Å². The second-order valence-electron chi connectivity index (χ2n) is 2.73. The van der Waals surface area contributed by atoms with Crippen LogP contribution in [0.4, 0.5) is 0 Å². The molecule has 0 radical (unpaired) electrons. The van der Waals surface area contributed by atoms with Crippen LogP contribution in [0.2, 0.25) is 5.02 Å². The lowest BCUT2D eigenvalue weighted by molar-refractivity contribution is 0.795. The van der Waals surface area contributed by atoms with Gasteiger partial charge in [-0.2, -0.15) is 0 Å². The second-order valence-corrected chi connectivity index (χ2v) is 3.17. The first-order chi connectivity index (χ1) is 6.33. The van der Waals surface area contributed by atoms with Crippen molar-refractivity contribution in [2.45, 2.75) is 40.0 Å². The number of hydrogen-bond donors (Lipinski definition) is 0. The summed E-state index contributed by atoms with van der Waals surface area (Å²) in [5, 5.41) is 0.824. The molecule has 0 saturated carbocycles. The van der Waals surface area contributed by atoms with Gasteiger partial charge in [-0.15, -0.1) is 0 Å². The number of hydrogen-bond acceptors (Lipinski definition) is 0. The summed E-state index contributed by atoms with van der Waals surface area (Å²) in [5.41, 5.74) is 1.39. The molecular formula is C12H19Cl. The minimum absolute atomic E-state index is 0.824. The Balaban J connectivity index is 0.000000671. The van der Waals surface area contributed by atoms with E-state index in [-0.39, 0.29) is 0 Å². The summed E-state index contributed by atoms with van der Waals surface area (Å²) < 4.78 is 0. The largest absolute Gasteiger partial charge is 0.0843 e. The van der Waals surface area contributed by atoms with Crippen LogP contribution in [0.3, 0.4) is 0 Å². The Bertz CT molecular complexity index is 201. The van der Waals surface area contributed by atoms with Crippen LogP contribution in [-0.4, -0.2) is 0 Å². The smallest absolute Gasteiger partial charge is 0.0406 e. The topological polar surface area (TPSA) is 0 Å². The van der Waals surface area contributed by atoms with E-state index < -0.39 is 0 Å². The van der Waals surface area contributed by atoms with E-state index in [0.29, 0.717) is 0 Å². The van der Waals surface area contributed by atoms with E-state index in [0.717, 1.165) is 5.02 Å². The molecule has 0 aromatic heterocycles. The van der Waals surface area contributed by atoms with Crippen LogP contribution in [-0.2, 0) is 6.42 Å². The van der Waals surface area contributed by atoms with Crippen molar-refractivity contribution in [1.29, 1.82) is 0 Å². The van der Waals surface area contributed by atoms with Crippen LogP contribution in [0.25, 0.3) is 0 Å². The van der Waals surface area contributed by atoms with Gasteiger partial charge in [0.1, 0.15) is 0 Å². The third-order valence-corrected chi connectivity index (χ3v) is 1.98. The van der Waals surface area contributed by atoms with Crippen molar-refractivity contribution in [3.63, 3.8) is 0 Å². The van der Waals surface area contributed by atoms with Gasteiger partial charge in [0.15, 0.2) is 0 Å². The average molecular weight is 199 g/mol. The first kappa shape index (κ1) is 12.5. The molecule has 13 heavy (non-hydrogen) atoms. The normalized spacial score (nSPS) is 8.92. The molecular weight excluding hydrogens is 180 g/mol. The van der Waals surface area contributed by atoms with Crippen LogP contribution in [0.1, 0.15) is 39.2 Å². The SMILES string of the molecule is CC.CCCCc1ccc(Cl)cc1. The molecule has 0 unspecified atom stereocenters. The quantitative estimate of drug-likeness (QED) is 0.660. The summed E-state index contributed by atoms with van der Waals surface area (Å²) in [6, 6.07) is 8.09. The molecule has 1 aromatic carbocycles. The van der Waals surface area contributed by atoms with Crippen molar-refractivity contribution in [3.05, 3.63) is 34.9 Å². The van der Waals surface area contributed by atoms with Gasteiger partial charge in [0.25, 0.3) is 0 Å². The molecule has 0 N–H and O–H groups in total. The van der Waals surface area contributed by atoms with E-state index in [1.54, 1.807) is 0 Å². The maximum Gasteiger partial charge on any atom is 0.0406 e. The van der Waals surface area contributed by atoms with E-state index in [1.165, 1.54) is 24.8 Å². The Morgan fingerprint density at radius 2 is 1.62 bits per heavy atom. The van der Waals surface area contributed by atoms with Gasteiger partial charge in [-0.25, -0.2) is 0 Å². The summed E-state index contributed by atoms with van der Waals surface area (Å²) >= 11 is 5.75. The van der Waals surface area contributed by atoms with Crippen molar-refractivity contribution >= 4 is 11.6 Å². The van der Waals surface area contributed by atoms with Crippen molar-refractivity contribution < 1.29 is 0 Å². The molecule has 0 saturated heterocycles. The van der Waals surface area contributed by atoms with E-state index in [1.807, 2.05) is 26.0 Å². The fourth-order valence-corrected chi connectivity index (χ4v) is 1.16. The molecule has 1 heteroatoms. The molecule has 1 rings (SSSR count). The summed E-state index contributed by atoms with van der Waals surface area (Å²) in [4.78, 5) is 0. The van der Waals surface area contributed by atoms with Gasteiger partial charge in [0, 0.05) is 5.02 Å². The van der Waals surface area contributed by atoms with E-state index >= 15 is 0 Å². The van der Waals surface area contributed by atoms with Gasteiger partial charge in [-0.1, -0.05) is 50.9 Å². The molecule has 0 heterocycles. The van der Waals surface area contributed by atoms with Crippen LogP contribution in [0.15, 0.2) is 24.3 Å². The maximum absolute atomic E-state index is 5.75. The molecule has 0 nitrogen and oxygen atoms in total.